The monoisotopic (exact) mass is 240 g/mol. The van der Waals surface area contributed by atoms with Crippen LogP contribution in [0.2, 0.25) is 0 Å². The van der Waals surface area contributed by atoms with Crippen molar-refractivity contribution in [3.63, 3.8) is 0 Å². The Balaban J connectivity index is 2.52. The molecule has 0 aliphatic carbocycles. The van der Waals surface area contributed by atoms with Crippen molar-refractivity contribution in [3.8, 4) is 11.6 Å². The first-order valence-electron chi connectivity index (χ1n) is 3.57. The minimum absolute atomic E-state index is 0.197. The highest BCUT2D eigenvalue weighted by Gasteiger charge is 2.04. The number of halogens is 1. The van der Waals surface area contributed by atoms with Crippen molar-refractivity contribution in [1.29, 1.82) is 0 Å². The van der Waals surface area contributed by atoms with Crippen LogP contribution < -0.4 is 5.56 Å². The van der Waals surface area contributed by atoms with Crippen LogP contribution in [0.3, 0.4) is 0 Å². The van der Waals surface area contributed by atoms with Crippen molar-refractivity contribution in [3.05, 3.63) is 39.4 Å². The van der Waals surface area contributed by atoms with Gasteiger partial charge < -0.3 is 9.40 Å². The SMILES string of the molecule is O=c1ccnc(-c2ccc(Br)o2)[nH]1. The molecule has 2 aromatic rings. The fraction of sp³-hybridized carbons (Fsp3) is 0. The van der Waals surface area contributed by atoms with Gasteiger partial charge in [-0.2, -0.15) is 0 Å². The van der Waals surface area contributed by atoms with E-state index >= 15 is 0 Å². The fourth-order valence-electron chi connectivity index (χ4n) is 0.937. The molecule has 0 atom stereocenters. The topological polar surface area (TPSA) is 58.9 Å². The largest absolute Gasteiger partial charge is 0.446 e. The van der Waals surface area contributed by atoms with Gasteiger partial charge >= 0.3 is 0 Å². The molecule has 0 aliphatic heterocycles. The quantitative estimate of drug-likeness (QED) is 0.827. The Kier molecular flexibility index (Phi) is 2.02. The van der Waals surface area contributed by atoms with Crippen LogP contribution in [0.5, 0.6) is 0 Å². The van der Waals surface area contributed by atoms with E-state index in [2.05, 4.69) is 25.9 Å². The maximum atomic E-state index is 10.9. The molecule has 66 valence electrons. The van der Waals surface area contributed by atoms with Gasteiger partial charge in [0.1, 0.15) is 0 Å². The molecule has 1 N–H and O–H groups in total. The molecule has 0 amide bonds. The summed E-state index contributed by atoms with van der Waals surface area (Å²) in [6, 6.07) is 4.81. The summed E-state index contributed by atoms with van der Waals surface area (Å²) in [5, 5.41) is 0. The Morgan fingerprint density at radius 3 is 2.85 bits per heavy atom. The Labute approximate surface area is 81.8 Å². The van der Waals surface area contributed by atoms with E-state index in [0.29, 0.717) is 16.3 Å². The average molecular weight is 241 g/mol. The maximum absolute atomic E-state index is 10.9. The Hall–Kier alpha value is -1.36. The maximum Gasteiger partial charge on any atom is 0.251 e. The van der Waals surface area contributed by atoms with Crippen LogP contribution in [0.15, 0.2) is 38.3 Å². The summed E-state index contributed by atoms with van der Waals surface area (Å²) >= 11 is 3.16. The molecular formula is C8H5BrN2O2. The molecule has 0 aromatic carbocycles. The number of nitrogens with zero attached hydrogens (tertiary/aromatic N) is 1. The van der Waals surface area contributed by atoms with E-state index < -0.39 is 0 Å². The lowest BCUT2D eigenvalue weighted by Gasteiger charge is -1.92. The minimum Gasteiger partial charge on any atom is -0.446 e. The molecule has 0 aliphatic rings. The molecule has 0 saturated carbocycles. The van der Waals surface area contributed by atoms with E-state index in [-0.39, 0.29) is 5.56 Å². The predicted octanol–water partition coefficient (Wildman–Crippen LogP) is 1.79. The number of furan rings is 1. The van der Waals surface area contributed by atoms with E-state index in [0.717, 1.165) is 0 Å². The second kappa shape index (κ2) is 3.18. The molecule has 13 heavy (non-hydrogen) atoms. The molecular weight excluding hydrogens is 236 g/mol. The van der Waals surface area contributed by atoms with E-state index in [1.54, 1.807) is 12.1 Å². The highest BCUT2D eigenvalue weighted by molar-refractivity contribution is 9.10. The van der Waals surface area contributed by atoms with Gasteiger partial charge in [-0.25, -0.2) is 4.98 Å². The second-order valence-electron chi connectivity index (χ2n) is 2.39. The number of hydrogen-bond acceptors (Lipinski definition) is 3. The summed E-state index contributed by atoms with van der Waals surface area (Å²) in [6.45, 7) is 0. The van der Waals surface area contributed by atoms with Crippen molar-refractivity contribution in [1.82, 2.24) is 9.97 Å². The smallest absolute Gasteiger partial charge is 0.251 e. The molecule has 2 rings (SSSR count). The zero-order chi connectivity index (χ0) is 9.26. The van der Waals surface area contributed by atoms with Crippen LogP contribution in [-0.2, 0) is 0 Å². The summed E-state index contributed by atoms with van der Waals surface area (Å²) in [4.78, 5) is 17.4. The summed E-state index contributed by atoms with van der Waals surface area (Å²) in [5.74, 6) is 0.961. The van der Waals surface area contributed by atoms with Crippen LogP contribution in [-0.4, -0.2) is 9.97 Å². The number of aromatic nitrogens is 2. The van der Waals surface area contributed by atoms with Gasteiger partial charge in [-0.3, -0.25) is 4.79 Å². The van der Waals surface area contributed by atoms with Crippen molar-refractivity contribution in [2.75, 3.05) is 0 Å². The third-order valence-electron chi connectivity index (χ3n) is 1.48. The van der Waals surface area contributed by atoms with Gasteiger partial charge in [0.25, 0.3) is 5.56 Å². The van der Waals surface area contributed by atoms with Crippen molar-refractivity contribution in [2.45, 2.75) is 0 Å². The zero-order valence-electron chi connectivity index (χ0n) is 6.45. The summed E-state index contributed by atoms with van der Waals surface area (Å²) in [5.41, 5.74) is -0.197. The number of rotatable bonds is 1. The van der Waals surface area contributed by atoms with Crippen molar-refractivity contribution >= 4 is 15.9 Å². The first-order valence-corrected chi connectivity index (χ1v) is 4.36. The lowest BCUT2D eigenvalue weighted by molar-refractivity contribution is 0.551. The molecule has 4 nitrogen and oxygen atoms in total. The van der Waals surface area contributed by atoms with Crippen LogP contribution in [0.25, 0.3) is 11.6 Å². The first-order chi connectivity index (χ1) is 6.25. The lowest BCUT2D eigenvalue weighted by Crippen LogP contribution is -2.05. The lowest BCUT2D eigenvalue weighted by atomic mass is 10.4. The highest BCUT2D eigenvalue weighted by Crippen LogP contribution is 2.20. The van der Waals surface area contributed by atoms with Crippen molar-refractivity contribution in [2.24, 2.45) is 0 Å². The zero-order valence-corrected chi connectivity index (χ0v) is 8.04. The van der Waals surface area contributed by atoms with Crippen LogP contribution in [0.1, 0.15) is 0 Å². The van der Waals surface area contributed by atoms with Crippen LogP contribution >= 0.6 is 15.9 Å². The molecule has 0 bridgehead atoms. The van der Waals surface area contributed by atoms with Crippen LogP contribution in [0, 0.1) is 0 Å². The molecule has 0 saturated heterocycles. The number of H-pyrrole nitrogens is 1. The van der Waals surface area contributed by atoms with Gasteiger partial charge in [-0.05, 0) is 28.1 Å². The van der Waals surface area contributed by atoms with Gasteiger partial charge in [0, 0.05) is 12.3 Å². The average Bonchev–Trinajstić information content (AvgIpc) is 2.52. The third kappa shape index (κ3) is 1.70. The molecule has 2 heterocycles. The van der Waals surface area contributed by atoms with Gasteiger partial charge in [-0.1, -0.05) is 0 Å². The van der Waals surface area contributed by atoms with Crippen LogP contribution in [0.4, 0.5) is 0 Å². The first kappa shape index (κ1) is 8.25. The fourth-order valence-corrected chi connectivity index (χ4v) is 1.24. The number of aromatic amines is 1. The summed E-state index contributed by atoms with van der Waals surface area (Å²) < 4.78 is 5.81. The van der Waals surface area contributed by atoms with E-state index in [4.69, 9.17) is 4.42 Å². The molecule has 0 unspecified atom stereocenters. The molecule has 0 fully saturated rings. The Morgan fingerprint density at radius 1 is 1.38 bits per heavy atom. The second-order valence-corrected chi connectivity index (χ2v) is 3.17. The van der Waals surface area contributed by atoms with Gasteiger partial charge in [0.2, 0.25) is 0 Å². The molecule has 0 spiro atoms. The molecule has 2 aromatic heterocycles. The van der Waals surface area contributed by atoms with Gasteiger partial charge in [0.15, 0.2) is 16.3 Å². The summed E-state index contributed by atoms with van der Waals surface area (Å²) in [6.07, 6.45) is 1.44. The number of hydrogen-bond donors (Lipinski definition) is 1. The minimum atomic E-state index is -0.197. The Bertz CT molecular complexity index is 475. The Morgan fingerprint density at radius 2 is 2.23 bits per heavy atom. The third-order valence-corrected chi connectivity index (χ3v) is 1.90. The molecule has 0 radical (unpaired) electrons. The van der Waals surface area contributed by atoms with E-state index in [1.165, 1.54) is 12.3 Å². The highest BCUT2D eigenvalue weighted by atomic mass is 79.9. The predicted molar refractivity (Wildman–Crippen MR) is 50.3 cm³/mol. The summed E-state index contributed by atoms with van der Waals surface area (Å²) in [7, 11) is 0. The van der Waals surface area contributed by atoms with Crippen molar-refractivity contribution < 1.29 is 4.42 Å². The van der Waals surface area contributed by atoms with Gasteiger partial charge in [0.05, 0.1) is 0 Å². The van der Waals surface area contributed by atoms with E-state index in [9.17, 15) is 4.79 Å². The standard InChI is InChI=1S/C8H5BrN2O2/c9-6-2-1-5(13-6)8-10-4-3-7(12)11-8/h1-4H,(H,10,11,12). The molecule has 5 heteroatoms. The normalized spacial score (nSPS) is 10.2. The van der Waals surface area contributed by atoms with Gasteiger partial charge in [-0.15, -0.1) is 0 Å². The van der Waals surface area contributed by atoms with E-state index in [1.807, 2.05) is 0 Å². The number of nitrogens with one attached hydrogen (secondary N) is 1.